The van der Waals surface area contributed by atoms with Crippen LogP contribution in [0.1, 0.15) is 6.42 Å². The second kappa shape index (κ2) is 8.37. The number of methoxy groups -OCH3 is 2. The summed E-state index contributed by atoms with van der Waals surface area (Å²) in [4.78, 5) is 10.9. The van der Waals surface area contributed by atoms with Gasteiger partial charge in [0.25, 0.3) is 0 Å². The zero-order valence-electron chi connectivity index (χ0n) is 11.3. The van der Waals surface area contributed by atoms with Crippen molar-refractivity contribution in [2.24, 2.45) is 0 Å². The molecule has 0 aliphatic carbocycles. The Kier molecular flexibility index (Phi) is 6.74. The van der Waals surface area contributed by atoms with E-state index in [0.29, 0.717) is 16.1 Å². The number of rotatable bonds is 8. The molecule has 0 saturated carbocycles. The van der Waals surface area contributed by atoms with Gasteiger partial charge in [0, 0.05) is 6.08 Å². The van der Waals surface area contributed by atoms with Crippen LogP contribution in [-0.4, -0.2) is 36.3 Å². The van der Waals surface area contributed by atoms with Crippen molar-refractivity contribution in [2.75, 3.05) is 20.8 Å². The molecule has 0 aromatic heterocycles. The molecule has 0 amide bonds. The molecule has 4 nitrogen and oxygen atoms in total. The number of para-hydroxylation sites is 1. The number of benzene rings is 1. The molecule has 19 heavy (non-hydrogen) atoms. The third-order valence-electron chi connectivity index (χ3n) is 2.45. The fourth-order valence-corrected chi connectivity index (χ4v) is 2.74. The predicted molar refractivity (Wildman–Crippen MR) is 75.5 cm³/mol. The summed E-state index contributed by atoms with van der Waals surface area (Å²) < 4.78 is 15.5. The van der Waals surface area contributed by atoms with E-state index in [1.54, 1.807) is 14.2 Å². The second-order valence-corrected chi connectivity index (χ2v) is 5.09. The number of esters is 1. The third-order valence-corrected chi connectivity index (χ3v) is 3.83. The van der Waals surface area contributed by atoms with Gasteiger partial charge in [-0.3, -0.25) is 0 Å². The summed E-state index contributed by atoms with van der Waals surface area (Å²) in [6.45, 7) is 3.77. The second-order valence-electron chi connectivity index (χ2n) is 3.69. The average molecular weight is 278 g/mol. The highest BCUT2D eigenvalue weighted by atomic mass is 28.2. The molecule has 102 valence electrons. The number of carbonyl (C=O) groups excluding carboxylic acids is 1. The Hall–Kier alpha value is -1.75. The van der Waals surface area contributed by atoms with Crippen molar-refractivity contribution in [2.45, 2.75) is 12.5 Å². The van der Waals surface area contributed by atoms with E-state index in [1.165, 1.54) is 6.08 Å². The summed E-state index contributed by atoms with van der Waals surface area (Å²) in [5.41, 5.74) is 0. The minimum atomic E-state index is -0.373. The minimum absolute atomic E-state index is 0.373. The van der Waals surface area contributed by atoms with Gasteiger partial charge in [0.1, 0.15) is 0 Å². The molecule has 0 spiro atoms. The summed E-state index contributed by atoms with van der Waals surface area (Å²) in [7, 11) is 3.85. The van der Waals surface area contributed by atoms with Crippen LogP contribution in [0.5, 0.6) is 11.5 Å². The van der Waals surface area contributed by atoms with Crippen LogP contribution in [0.4, 0.5) is 0 Å². The molecule has 0 saturated heterocycles. The number of carbonyl (C=O) groups is 1. The Morgan fingerprint density at radius 2 is 2.16 bits per heavy atom. The molecule has 2 radical (unpaired) electrons. The van der Waals surface area contributed by atoms with Crippen molar-refractivity contribution in [3.05, 3.63) is 30.9 Å². The van der Waals surface area contributed by atoms with E-state index in [4.69, 9.17) is 14.2 Å². The van der Waals surface area contributed by atoms with E-state index in [1.807, 2.05) is 18.2 Å². The maximum absolute atomic E-state index is 10.9. The quantitative estimate of drug-likeness (QED) is 0.313. The Morgan fingerprint density at radius 3 is 2.79 bits per heavy atom. The van der Waals surface area contributed by atoms with Crippen molar-refractivity contribution < 1.29 is 19.0 Å². The predicted octanol–water partition coefficient (Wildman–Crippen LogP) is 1.57. The molecule has 0 atom stereocenters. The van der Waals surface area contributed by atoms with E-state index in [-0.39, 0.29) is 5.97 Å². The SMILES string of the molecule is C=CC(=O)OCCC[Si]c1cccc(OC)c1OC. The van der Waals surface area contributed by atoms with Crippen molar-refractivity contribution in [1.29, 1.82) is 0 Å². The molecule has 0 aliphatic rings. The summed E-state index contributed by atoms with van der Waals surface area (Å²) in [6.07, 6.45) is 1.99. The van der Waals surface area contributed by atoms with Crippen LogP contribution in [0.2, 0.25) is 6.04 Å². The fraction of sp³-hybridized carbons (Fsp3) is 0.357. The highest BCUT2D eigenvalue weighted by molar-refractivity contribution is 6.54. The van der Waals surface area contributed by atoms with E-state index in [9.17, 15) is 4.79 Å². The number of hydrogen-bond donors (Lipinski definition) is 0. The molecular weight excluding hydrogens is 260 g/mol. The lowest BCUT2D eigenvalue weighted by Gasteiger charge is -2.11. The molecule has 0 bridgehead atoms. The number of hydrogen-bond acceptors (Lipinski definition) is 4. The van der Waals surface area contributed by atoms with E-state index in [2.05, 4.69) is 6.58 Å². The van der Waals surface area contributed by atoms with Gasteiger partial charge in [0.05, 0.1) is 30.3 Å². The molecule has 0 unspecified atom stereocenters. The third kappa shape index (κ3) is 4.79. The molecule has 0 N–H and O–H groups in total. The van der Waals surface area contributed by atoms with Crippen LogP contribution < -0.4 is 14.7 Å². The monoisotopic (exact) mass is 278 g/mol. The van der Waals surface area contributed by atoms with Gasteiger partial charge >= 0.3 is 5.97 Å². The topological polar surface area (TPSA) is 44.8 Å². The highest BCUT2D eigenvalue weighted by Crippen LogP contribution is 2.23. The van der Waals surface area contributed by atoms with Crippen LogP contribution in [0.3, 0.4) is 0 Å². The van der Waals surface area contributed by atoms with Gasteiger partial charge in [0.15, 0.2) is 11.5 Å². The van der Waals surface area contributed by atoms with Gasteiger partial charge in [-0.15, -0.1) is 0 Å². The van der Waals surface area contributed by atoms with Crippen LogP contribution in [0.15, 0.2) is 30.9 Å². The van der Waals surface area contributed by atoms with Crippen molar-refractivity contribution in [3.63, 3.8) is 0 Å². The maximum atomic E-state index is 10.9. The first-order valence-corrected chi connectivity index (χ1v) is 7.17. The molecule has 0 aliphatic heterocycles. The van der Waals surface area contributed by atoms with E-state index in [0.717, 1.165) is 29.2 Å². The first kappa shape index (κ1) is 15.3. The van der Waals surface area contributed by atoms with Gasteiger partial charge in [-0.2, -0.15) is 0 Å². The van der Waals surface area contributed by atoms with Gasteiger partial charge in [0.2, 0.25) is 0 Å². The zero-order valence-corrected chi connectivity index (χ0v) is 12.3. The largest absolute Gasteiger partial charge is 0.493 e. The minimum Gasteiger partial charge on any atom is -0.493 e. The average Bonchev–Trinajstić information content (AvgIpc) is 2.45. The number of ether oxygens (including phenoxy) is 3. The van der Waals surface area contributed by atoms with Crippen LogP contribution >= 0.6 is 0 Å². The van der Waals surface area contributed by atoms with E-state index < -0.39 is 0 Å². The summed E-state index contributed by atoms with van der Waals surface area (Å²) >= 11 is 0. The smallest absolute Gasteiger partial charge is 0.330 e. The normalized spacial score (nSPS) is 9.79. The van der Waals surface area contributed by atoms with Crippen LogP contribution in [0.25, 0.3) is 0 Å². The molecule has 1 aromatic carbocycles. The Balaban J connectivity index is 2.45. The first-order chi connectivity index (χ1) is 9.22. The lowest BCUT2D eigenvalue weighted by atomic mass is 10.3. The van der Waals surface area contributed by atoms with Crippen molar-refractivity contribution in [3.8, 4) is 11.5 Å². The van der Waals surface area contributed by atoms with Gasteiger partial charge in [-0.25, -0.2) is 4.79 Å². The van der Waals surface area contributed by atoms with Crippen LogP contribution in [-0.2, 0) is 9.53 Å². The summed E-state index contributed by atoms with van der Waals surface area (Å²) in [5, 5.41) is 1.12. The Bertz CT molecular complexity index is 431. The van der Waals surface area contributed by atoms with Gasteiger partial charge in [-0.05, 0) is 17.7 Å². The zero-order chi connectivity index (χ0) is 14.1. The first-order valence-electron chi connectivity index (χ1n) is 5.97. The molecular formula is C14H18O4Si. The standard InChI is InChI=1S/C14H18O4Si/c1-4-13(15)18-9-6-10-19-12-8-5-7-11(16-2)14(12)17-3/h4-5,7-8H,1,6,9-10H2,2-3H3. The Morgan fingerprint density at radius 1 is 1.37 bits per heavy atom. The van der Waals surface area contributed by atoms with Crippen LogP contribution in [0, 0.1) is 0 Å². The van der Waals surface area contributed by atoms with Crippen molar-refractivity contribution >= 4 is 20.7 Å². The molecule has 1 aromatic rings. The summed E-state index contributed by atoms with van der Waals surface area (Å²) in [5.74, 6) is 1.15. The molecule has 5 heteroatoms. The maximum Gasteiger partial charge on any atom is 0.330 e. The lowest BCUT2D eigenvalue weighted by molar-refractivity contribution is -0.137. The van der Waals surface area contributed by atoms with Gasteiger partial charge < -0.3 is 14.2 Å². The van der Waals surface area contributed by atoms with E-state index >= 15 is 0 Å². The molecule has 0 fully saturated rings. The molecule has 1 rings (SSSR count). The summed E-state index contributed by atoms with van der Waals surface area (Å²) in [6, 6.07) is 6.78. The fourth-order valence-electron chi connectivity index (χ4n) is 1.55. The van der Waals surface area contributed by atoms with Crippen molar-refractivity contribution in [1.82, 2.24) is 0 Å². The Labute approximate surface area is 116 Å². The lowest BCUT2D eigenvalue weighted by Crippen LogP contribution is -2.17. The molecule has 0 heterocycles. The van der Waals surface area contributed by atoms with Gasteiger partial charge in [-0.1, -0.05) is 24.8 Å². The highest BCUT2D eigenvalue weighted by Gasteiger charge is 2.09.